The first kappa shape index (κ1) is 18.0. The van der Waals surface area contributed by atoms with Crippen LogP contribution in [0.4, 0.5) is 5.69 Å². The van der Waals surface area contributed by atoms with E-state index in [2.05, 4.69) is 0 Å². The van der Waals surface area contributed by atoms with Crippen LogP contribution in [-0.4, -0.2) is 23.8 Å². The number of carbonyl (C=O) groups excluding carboxylic acids is 3. The Bertz CT molecular complexity index is 1310. The van der Waals surface area contributed by atoms with Crippen LogP contribution in [-0.2, 0) is 14.4 Å². The van der Waals surface area contributed by atoms with Crippen LogP contribution in [0.15, 0.2) is 72.9 Å². The van der Waals surface area contributed by atoms with Crippen LogP contribution < -0.4 is 15.5 Å². The second kappa shape index (κ2) is 6.36. The number of nitrogens with two attached hydrogens (primary N) is 1. The smallest absolute Gasteiger partial charge is 0.277 e. The van der Waals surface area contributed by atoms with E-state index in [4.69, 9.17) is 5.73 Å². The first-order valence-electron chi connectivity index (χ1n) is 10.4. The highest BCUT2D eigenvalue weighted by atomic mass is 16.2. The van der Waals surface area contributed by atoms with Crippen molar-refractivity contribution in [2.75, 3.05) is 4.90 Å². The van der Waals surface area contributed by atoms with E-state index in [9.17, 15) is 14.4 Å². The third-order valence-electron chi connectivity index (χ3n) is 6.93. The molecule has 3 aliphatic rings. The van der Waals surface area contributed by atoms with Gasteiger partial charge in [-0.15, -0.1) is 0 Å². The molecule has 3 heterocycles. The largest absolute Gasteiger partial charge is 0.364 e. The Morgan fingerprint density at radius 2 is 1.58 bits per heavy atom. The average Bonchev–Trinajstić information content (AvgIpc) is 3.26. The highest BCUT2D eigenvalue weighted by Crippen LogP contribution is 2.45. The number of carbonyl (C=O) groups is 3. The number of fused-ring (bicyclic) bond motifs is 6. The van der Waals surface area contributed by atoms with Crippen molar-refractivity contribution in [1.82, 2.24) is 0 Å². The van der Waals surface area contributed by atoms with Gasteiger partial charge in [-0.1, -0.05) is 60.7 Å². The number of primary amides is 1. The summed E-state index contributed by atoms with van der Waals surface area (Å²) in [4.78, 5) is 42.0. The van der Waals surface area contributed by atoms with Crippen LogP contribution in [0.1, 0.15) is 17.2 Å². The van der Waals surface area contributed by atoms with Gasteiger partial charge >= 0.3 is 0 Å². The van der Waals surface area contributed by atoms with Gasteiger partial charge in [0.05, 0.1) is 11.9 Å². The Balaban J connectivity index is 1.53. The molecule has 6 nitrogen and oxygen atoms in total. The fourth-order valence-electron chi connectivity index (χ4n) is 5.72. The molecule has 0 spiro atoms. The van der Waals surface area contributed by atoms with Gasteiger partial charge in [0.2, 0.25) is 11.8 Å². The van der Waals surface area contributed by atoms with Crippen LogP contribution in [0.2, 0.25) is 0 Å². The molecule has 152 valence electrons. The number of amides is 3. The molecule has 31 heavy (non-hydrogen) atoms. The van der Waals surface area contributed by atoms with Crippen LogP contribution in [0.5, 0.6) is 0 Å². The number of quaternary nitrogens is 1. The number of nitrogens with zero attached hydrogens (tertiary/aromatic N) is 1. The minimum absolute atomic E-state index is 0.261. The number of nitrogens with one attached hydrogen (secondary N) is 1. The number of rotatable bonds is 2. The summed E-state index contributed by atoms with van der Waals surface area (Å²) in [5, 5.41) is 1.78. The quantitative estimate of drug-likeness (QED) is 0.627. The normalized spacial score (nSPS) is 28.5. The maximum absolute atomic E-state index is 13.8. The van der Waals surface area contributed by atoms with Crippen molar-refractivity contribution in [3.8, 4) is 0 Å². The monoisotopic (exact) mass is 410 g/mol. The zero-order valence-electron chi connectivity index (χ0n) is 16.6. The summed E-state index contributed by atoms with van der Waals surface area (Å²) in [6.45, 7) is 0. The fourth-order valence-corrected chi connectivity index (χ4v) is 5.72. The summed E-state index contributed by atoms with van der Waals surface area (Å²) in [7, 11) is 0. The third kappa shape index (κ3) is 2.33. The predicted octanol–water partition coefficient (Wildman–Crippen LogP) is 1.42. The van der Waals surface area contributed by atoms with Gasteiger partial charge in [0.1, 0.15) is 17.9 Å². The van der Waals surface area contributed by atoms with Crippen molar-refractivity contribution in [3.63, 3.8) is 0 Å². The van der Waals surface area contributed by atoms with E-state index < -0.39 is 23.8 Å². The molecule has 3 amide bonds. The lowest BCUT2D eigenvalue weighted by atomic mass is 9.84. The Hall–Kier alpha value is -3.77. The Kier molecular flexibility index (Phi) is 3.70. The summed E-state index contributed by atoms with van der Waals surface area (Å²) < 4.78 is 0. The molecular weight excluding hydrogens is 390 g/mol. The second-order valence-electron chi connectivity index (χ2n) is 8.38. The Morgan fingerprint density at radius 3 is 2.42 bits per heavy atom. The molecule has 5 atom stereocenters. The van der Waals surface area contributed by atoms with Gasteiger partial charge in [-0.25, -0.2) is 4.90 Å². The predicted molar refractivity (Wildman–Crippen MR) is 116 cm³/mol. The zero-order chi connectivity index (χ0) is 21.3. The summed E-state index contributed by atoms with van der Waals surface area (Å²) in [6.07, 6.45) is 3.82. The van der Waals surface area contributed by atoms with Crippen molar-refractivity contribution in [2.24, 2.45) is 17.6 Å². The van der Waals surface area contributed by atoms with Crippen molar-refractivity contribution >= 4 is 40.3 Å². The number of imide groups is 1. The van der Waals surface area contributed by atoms with Gasteiger partial charge in [0.15, 0.2) is 6.04 Å². The highest BCUT2D eigenvalue weighted by molar-refractivity contribution is 6.26. The van der Waals surface area contributed by atoms with Crippen LogP contribution in [0.3, 0.4) is 0 Å². The van der Waals surface area contributed by atoms with Crippen LogP contribution in [0, 0.1) is 11.8 Å². The van der Waals surface area contributed by atoms with E-state index in [1.54, 1.807) is 6.07 Å². The van der Waals surface area contributed by atoms with Crippen molar-refractivity contribution in [2.45, 2.75) is 12.1 Å². The molecule has 0 radical (unpaired) electrons. The molecule has 0 bridgehead atoms. The second-order valence-corrected chi connectivity index (χ2v) is 8.38. The SMILES string of the molecule is NC(=O)[C@@H]1[C@@H]2C(=O)N(c3cccc4ccccc34)C(=O)[C@@H]2[C@@H]2c3ccccc3C=C[NH+]12. The highest BCUT2D eigenvalue weighted by Gasteiger charge is 2.68. The zero-order valence-corrected chi connectivity index (χ0v) is 16.6. The van der Waals surface area contributed by atoms with Gasteiger partial charge in [0, 0.05) is 10.9 Å². The molecule has 3 N–H and O–H groups in total. The molecule has 3 aromatic rings. The van der Waals surface area contributed by atoms with E-state index in [0.717, 1.165) is 26.8 Å². The standard InChI is InChI=1S/C25H19N3O3/c26-23(29)22-20-19(21-17-10-4-2-7-15(17)12-13-27(21)22)24(30)28(25(20)31)18-11-5-8-14-6-1-3-9-16(14)18/h1-13,19-22H,(H2,26,29)/p+1/t19-,20+,21-,22-/m0/s1. The van der Waals surface area contributed by atoms with E-state index in [0.29, 0.717) is 5.69 Å². The van der Waals surface area contributed by atoms with Crippen molar-refractivity contribution in [1.29, 1.82) is 0 Å². The van der Waals surface area contributed by atoms with E-state index in [1.165, 1.54) is 4.90 Å². The fraction of sp³-hybridized carbons (Fsp3) is 0.160. The third-order valence-corrected chi connectivity index (χ3v) is 6.93. The lowest BCUT2D eigenvalue weighted by molar-refractivity contribution is -0.884. The average molecular weight is 410 g/mol. The van der Waals surface area contributed by atoms with Gasteiger partial charge < -0.3 is 5.73 Å². The number of hydrogen-bond acceptors (Lipinski definition) is 3. The van der Waals surface area contributed by atoms with Gasteiger partial charge in [-0.3, -0.25) is 19.3 Å². The molecular formula is C25H20N3O3+. The summed E-state index contributed by atoms with van der Waals surface area (Å²) in [5.74, 6) is -2.58. The molecule has 3 aromatic carbocycles. The molecule has 6 heteroatoms. The molecule has 6 rings (SSSR count). The maximum atomic E-state index is 13.8. The Labute approximate surface area is 178 Å². The Morgan fingerprint density at radius 1 is 0.871 bits per heavy atom. The molecule has 2 fully saturated rings. The molecule has 1 unspecified atom stereocenters. The minimum atomic E-state index is -0.781. The molecule has 3 aliphatic heterocycles. The molecule has 2 saturated heterocycles. The van der Waals surface area contributed by atoms with Crippen LogP contribution in [0.25, 0.3) is 16.8 Å². The maximum Gasteiger partial charge on any atom is 0.277 e. The summed E-state index contributed by atoms with van der Waals surface area (Å²) >= 11 is 0. The summed E-state index contributed by atoms with van der Waals surface area (Å²) in [6, 6.07) is 20.0. The van der Waals surface area contributed by atoms with Gasteiger partial charge in [0.25, 0.3) is 5.91 Å². The number of benzene rings is 3. The van der Waals surface area contributed by atoms with E-state index in [-0.39, 0.29) is 17.9 Å². The van der Waals surface area contributed by atoms with Crippen molar-refractivity contribution < 1.29 is 19.3 Å². The molecule has 0 aromatic heterocycles. The first-order chi connectivity index (χ1) is 15.1. The number of hydrogen-bond donors (Lipinski definition) is 2. The summed E-state index contributed by atoms with van der Waals surface area (Å²) in [5.41, 5.74) is 8.32. The lowest BCUT2D eigenvalue weighted by Crippen LogP contribution is -3.12. The minimum Gasteiger partial charge on any atom is -0.364 e. The van der Waals surface area contributed by atoms with E-state index in [1.807, 2.05) is 72.9 Å². The van der Waals surface area contributed by atoms with Gasteiger partial charge in [-0.2, -0.15) is 0 Å². The topological polar surface area (TPSA) is 84.9 Å². The van der Waals surface area contributed by atoms with Crippen molar-refractivity contribution in [3.05, 3.63) is 84.1 Å². The molecule has 0 aliphatic carbocycles. The first-order valence-corrected chi connectivity index (χ1v) is 10.4. The lowest BCUT2D eigenvalue weighted by Gasteiger charge is -2.30. The molecule has 0 saturated carbocycles. The number of anilines is 1. The van der Waals surface area contributed by atoms with Gasteiger partial charge in [-0.05, 0) is 23.1 Å². The van der Waals surface area contributed by atoms with E-state index >= 15 is 0 Å². The van der Waals surface area contributed by atoms with Crippen LogP contribution >= 0.6 is 0 Å².